The average Bonchev–Trinajstić information content (AvgIpc) is 2.49. The van der Waals surface area contributed by atoms with Crippen LogP contribution in [0, 0.1) is 0 Å². The van der Waals surface area contributed by atoms with Crippen molar-refractivity contribution in [2.75, 3.05) is 20.6 Å². The summed E-state index contributed by atoms with van der Waals surface area (Å²) in [5.41, 5.74) is 0.377. The highest BCUT2D eigenvalue weighted by Crippen LogP contribution is 2.35. The Bertz CT molecular complexity index is 214. The molecule has 0 saturated heterocycles. The predicted octanol–water partition coefficient (Wildman–Crippen LogP) is 0.974. The molecule has 3 heteroatoms. The van der Waals surface area contributed by atoms with Crippen LogP contribution in [-0.4, -0.2) is 48.3 Å². The smallest absolute Gasteiger partial charge is 0.0693 e. The molecule has 0 amide bonds. The number of nitrogens with zero attached hydrogens (tertiary/aromatic N) is 1. The lowest BCUT2D eigenvalue weighted by atomic mass is 9.75. The van der Waals surface area contributed by atoms with Crippen LogP contribution in [0.25, 0.3) is 0 Å². The first-order chi connectivity index (χ1) is 7.14. The number of aliphatic hydroxyl groups excluding tert-OH is 1. The Balaban J connectivity index is 1.81. The Hall–Kier alpha value is -0.120. The maximum Gasteiger partial charge on any atom is 0.0693 e. The molecule has 0 aromatic heterocycles. The Morgan fingerprint density at radius 3 is 2.40 bits per heavy atom. The van der Waals surface area contributed by atoms with E-state index in [0.29, 0.717) is 11.6 Å². The lowest BCUT2D eigenvalue weighted by Gasteiger charge is -2.48. The quantitative estimate of drug-likeness (QED) is 0.729. The van der Waals surface area contributed by atoms with E-state index in [0.717, 1.165) is 19.4 Å². The molecule has 2 saturated carbocycles. The average molecular weight is 212 g/mol. The molecule has 2 fully saturated rings. The van der Waals surface area contributed by atoms with Crippen molar-refractivity contribution >= 4 is 0 Å². The molecule has 88 valence electrons. The fourth-order valence-electron chi connectivity index (χ4n) is 2.87. The maximum absolute atomic E-state index is 9.74. The van der Waals surface area contributed by atoms with Gasteiger partial charge in [0.05, 0.1) is 6.10 Å². The van der Waals surface area contributed by atoms with Gasteiger partial charge in [-0.3, -0.25) is 0 Å². The first-order valence-corrected chi connectivity index (χ1v) is 6.23. The molecule has 2 aliphatic rings. The first kappa shape index (κ1) is 11.4. The number of hydrogen-bond donors (Lipinski definition) is 2. The third-order valence-corrected chi connectivity index (χ3v) is 4.41. The van der Waals surface area contributed by atoms with E-state index in [1.54, 1.807) is 0 Å². The van der Waals surface area contributed by atoms with Gasteiger partial charge in [0.2, 0.25) is 0 Å². The third-order valence-electron chi connectivity index (χ3n) is 4.41. The summed E-state index contributed by atoms with van der Waals surface area (Å²) < 4.78 is 0. The van der Waals surface area contributed by atoms with Gasteiger partial charge in [0, 0.05) is 18.1 Å². The van der Waals surface area contributed by atoms with Crippen LogP contribution in [0.15, 0.2) is 0 Å². The van der Waals surface area contributed by atoms with Gasteiger partial charge in [-0.05, 0) is 52.6 Å². The monoisotopic (exact) mass is 212 g/mol. The SMILES string of the molecule is CN(C)C1(CN[C@@H]2CCC[C@H]2O)CCC1. The van der Waals surface area contributed by atoms with Gasteiger partial charge in [-0.15, -0.1) is 0 Å². The lowest BCUT2D eigenvalue weighted by Crippen LogP contribution is -2.58. The first-order valence-electron chi connectivity index (χ1n) is 6.23. The Labute approximate surface area is 92.8 Å². The molecule has 0 bridgehead atoms. The number of hydrogen-bond acceptors (Lipinski definition) is 3. The van der Waals surface area contributed by atoms with Crippen molar-refractivity contribution in [1.29, 1.82) is 0 Å². The normalized spacial score (nSPS) is 34.4. The van der Waals surface area contributed by atoms with Crippen molar-refractivity contribution in [3.05, 3.63) is 0 Å². The summed E-state index contributed by atoms with van der Waals surface area (Å²) in [5, 5.41) is 13.3. The number of likely N-dealkylation sites (N-methyl/N-ethyl adjacent to an activating group) is 1. The molecule has 15 heavy (non-hydrogen) atoms. The lowest BCUT2D eigenvalue weighted by molar-refractivity contribution is 0.0497. The molecule has 0 aliphatic heterocycles. The highest BCUT2D eigenvalue weighted by atomic mass is 16.3. The van der Waals surface area contributed by atoms with Crippen molar-refractivity contribution in [2.24, 2.45) is 0 Å². The molecule has 0 spiro atoms. The van der Waals surface area contributed by atoms with Crippen molar-refractivity contribution in [3.8, 4) is 0 Å². The van der Waals surface area contributed by atoms with E-state index in [9.17, 15) is 5.11 Å². The summed E-state index contributed by atoms with van der Waals surface area (Å²) in [7, 11) is 4.35. The molecule has 2 aliphatic carbocycles. The summed E-state index contributed by atoms with van der Waals surface area (Å²) in [6, 6.07) is 0.349. The molecule has 0 heterocycles. The standard InChI is InChI=1S/C12H24N2O/c1-14(2)12(7-4-8-12)9-13-10-5-3-6-11(10)15/h10-11,13,15H,3-9H2,1-2H3/t10-,11-/m1/s1. The zero-order valence-corrected chi connectivity index (χ0v) is 10.00. The molecular weight excluding hydrogens is 188 g/mol. The van der Waals surface area contributed by atoms with Crippen LogP contribution in [0.3, 0.4) is 0 Å². The van der Waals surface area contributed by atoms with Gasteiger partial charge in [0.25, 0.3) is 0 Å². The summed E-state index contributed by atoms with van der Waals surface area (Å²) in [6.07, 6.45) is 7.15. The molecule has 2 rings (SSSR count). The molecule has 3 nitrogen and oxygen atoms in total. The van der Waals surface area contributed by atoms with E-state index in [4.69, 9.17) is 0 Å². The molecule has 0 aromatic rings. The fraction of sp³-hybridized carbons (Fsp3) is 1.00. The van der Waals surface area contributed by atoms with Crippen molar-refractivity contribution in [2.45, 2.75) is 56.2 Å². The van der Waals surface area contributed by atoms with E-state index >= 15 is 0 Å². The van der Waals surface area contributed by atoms with Gasteiger partial charge in [-0.2, -0.15) is 0 Å². The van der Waals surface area contributed by atoms with E-state index in [2.05, 4.69) is 24.3 Å². The molecular formula is C12H24N2O. The van der Waals surface area contributed by atoms with Gasteiger partial charge in [0.1, 0.15) is 0 Å². The minimum absolute atomic E-state index is 0.107. The van der Waals surface area contributed by atoms with Crippen molar-refractivity contribution in [3.63, 3.8) is 0 Å². The summed E-state index contributed by atoms with van der Waals surface area (Å²) in [4.78, 5) is 2.35. The second-order valence-corrected chi connectivity index (χ2v) is 5.46. The zero-order chi connectivity index (χ0) is 10.9. The topological polar surface area (TPSA) is 35.5 Å². The Morgan fingerprint density at radius 1 is 1.27 bits per heavy atom. The van der Waals surface area contributed by atoms with Crippen molar-refractivity contribution < 1.29 is 5.11 Å². The third kappa shape index (κ3) is 2.19. The molecule has 0 radical (unpaired) electrons. The van der Waals surface area contributed by atoms with E-state index in [1.165, 1.54) is 25.7 Å². The fourth-order valence-corrected chi connectivity index (χ4v) is 2.87. The maximum atomic E-state index is 9.74. The minimum Gasteiger partial charge on any atom is -0.392 e. The minimum atomic E-state index is -0.107. The van der Waals surface area contributed by atoms with Crippen LogP contribution in [-0.2, 0) is 0 Å². The van der Waals surface area contributed by atoms with Gasteiger partial charge in [0.15, 0.2) is 0 Å². The van der Waals surface area contributed by atoms with Crippen LogP contribution in [0.2, 0.25) is 0 Å². The molecule has 0 aromatic carbocycles. The number of rotatable bonds is 4. The zero-order valence-electron chi connectivity index (χ0n) is 10.00. The summed E-state index contributed by atoms with van der Waals surface area (Å²) in [6.45, 7) is 1.04. The van der Waals surface area contributed by atoms with E-state index < -0.39 is 0 Å². The van der Waals surface area contributed by atoms with Crippen LogP contribution in [0.5, 0.6) is 0 Å². The summed E-state index contributed by atoms with van der Waals surface area (Å²) >= 11 is 0. The van der Waals surface area contributed by atoms with Crippen LogP contribution in [0.4, 0.5) is 0 Å². The molecule has 2 N–H and O–H groups in total. The molecule has 0 unspecified atom stereocenters. The van der Waals surface area contributed by atoms with E-state index in [1.807, 2.05) is 0 Å². The summed E-state index contributed by atoms with van der Waals surface area (Å²) in [5.74, 6) is 0. The van der Waals surface area contributed by atoms with Gasteiger partial charge < -0.3 is 15.3 Å². The van der Waals surface area contributed by atoms with Gasteiger partial charge in [-0.25, -0.2) is 0 Å². The largest absolute Gasteiger partial charge is 0.392 e. The number of aliphatic hydroxyl groups is 1. The highest BCUT2D eigenvalue weighted by molar-refractivity contribution is 4.99. The molecule has 2 atom stereocenters. The number of nitrogens with one attached hydrogen (secondary N) is 1. The van der Waals surface area contributed by atoms with Gasteiger partial charge >= 0.3 is 0 Å². The van der Waals surface area contributed by atoms with Gasteiger partial charge in [-0.1, -0.05) is 0 Å². The predicted molar refractivity (Wildman–Crippen MR) is 61.9 cm³/mol. The second-order valence-electron chi connectivity index (χ2n) is 5.46. The van der Waals surface area contributed by atoms with Crippen LogP contribution >= 0.6 is 0 Å². The van der Waals surface area contributed by atoms with Crippen molar-refractivity contribution in [1.82, 2.24) is 10.2 Å². The Kier molecular flexibility index (Phi) is 3.33. The van der Waals surface area contributed by atoms with E-state index in [-0.39, 0.29) is 6.10 Å². The van der Waals surface area contributed by atoms with Crippen LogP contribution < -0.4 is 5.32 Å². The second kappa shape index (κ2) is 4.40. The van der Waals surface area contributed by atoms with Crippen LogP contribution in [0.1, 0.15) is 38.5 Å². The Morgan fingerprint density at radius 2 is 2.00 bits per heavy atom. The highest BCUT2D eigenvalue weighted by Gasteiger charge is 2.39.